The molecule has 0 amide bonds. The Kier molecular flexibility index (Phi) is 5.40. The zero-order valence-corrected chi connectivity index (χ0v) is 15.3. The summed E-state index contributed by atoms with van der Waals surface area (Å²) in [5, 5.41) is 7.57. The van der Waals surface area contributed by atoms with Gasteiger partial charge in [0.2, 0.25) is 0 Å². The molecule has 1 saturated carbocycles. The minimum Gasteiger partial charge on any atom is -0.358 e. The summed E-state index contributed by atoms with van der Waals surface area (Å²) in [6, 6.07) is 8.53. The third-order valence-electron chi connectivity index (χ3n) is 4.21. The second kappa shape index (κ2) is 7.51. The van der Waals surface area contributed by atoms with E-state index in [1.165, 1.54) is 11.3 Å². The van der Waals surface area contributed by atoms with Gasteiger partial charge in [-0.2, -0.15) is 0 Å². The van der Waals surface area contributed by atoms with Crippen molar-refractivity contribution in [3.8, 4) is 0 Å². The Morgan fingerprint density at radius 3 is 2.65 bits per heavy atom. The van der Waals surface area contributed by atoms with Crippen LogP contribution < -0.4 is 21.5 Å². The number of thiocarbonyl (C=S) groups is 2. The SMILES string of the molecule is CSc1cccc(NC(=S)NNC(=S)N[C@H]2C[C@H]3C=C[C@@H]2C3)c1. The van der Waals surface area contributed by atoms with Gasteiger partial charge in [-0.3, -0.25) is 10.9 Å². The second-order valence-corrected chi connectivity index (χ2v) is 7.49. The molecule has 4 nitrogen and oxygen atoms in total. The summed E-state index contributed by atoms with van der Waals surface area (Å²) in [6.45, 7) is 0. The van der Waals surface area contributed by atoms with Crippen LogP contribution in [0.3, 0.4) is 0 Å². The largest absolute Gasteiger partial charge is 0.358 e. The Bertz CT molecular complexity index is 632. The highest BCUT2D eigenvalue weighted by Gasteiger charge is 2.35. The molecule has 0 aromatic heterocycles. The van der Waals surface area contributed by atoms with Gasteiger partial charge >= 0.3 is 0 Å². The van der Waals surface area contributed by atoms with Gasteiger partial charge in [0.05, 0.1) is 0 Å². The van der Waals surface area contributed by atoms with Crippen LogP contribution in [0.2, 0.25) is 0 Å². The lowest BCUT2D eigenvalue weighted by Crippen LogP contribution is -2.51. The van der Waals surface area contributed by atoms with Gasteiger partial charge in [-0.1, -0.05) is 18.2 Å². The van der Waals surface area contributed by atoms with E-state index in [4.69, 9.17) is 24.4 Å². The molecule has 1 fully saturated rings. The minimum atomic E-state index is 0.437. The van der Waals surface area contributed by atoms with E-state index in [1.54, 1.807) is 11.8 Å². The minimum absolute atomic E-state index is 0.437. The molecule has 0 spiro atoms. The first kappa shape index (κ1) is 16.5. The highest BCUT2D eigenvalue weighted by molar-refractivity contribution is 7.98. The number of hydrogen-bond donors (Lipinski definition) is 4. The highest BCUT2D eigenvalue weighted by atomic mass is 32.2. The molecule has 2 aliphatic rings. The normalized spacial score (nSPS) is 24.3. The van der Waals surface area contributed by atoms with Crippen molar-refractivity contribution in [3.63, 3.8) is 0 Å². The van der Waals surface area contributed by atoms with E-state index in [0.29, 0.717) is 22.2 Å². The number of hydrazine groups is 1. The Hall–Kier alpha value is -1.31. The van der Waals surface area contributed by atoms with Crippen molar-refractivity contribution in [2.75, 3.05) is 11.6 Å². The summed E-state index contributed by atoms with van der Waals surface area (Å²) in [7, 11) is 0. The zero-order chi connectivity index (χ0) is 16.2. The number of fused-ring (bicyclic) bond motifs is 2. The average molecular weight is 365 g/mol. The molecule has 7 heteroatoms. The van der Waals surface area contributed by atoms with Crippen LogP contribution in [0.15, 0.2) is 41.3 Å². The van der Waals surface area contributed by atoms with Gasteiger partial charge in [-0.15, -0.1) is 11.8 Å². The van der Waals surface area contributed by atoms with E-state index in [2.05, 4.69) is 45.8 Å². The molecule has 0 unspecified atom stereocenters. The summed E-state index contributed by atoms with van der Waals surface area (Å²) in [5.41, 5.74) is 6.84. The van der Waals surface area contributed by atoms with E-state index >= 15 is 0 Å². The summed E-state index contributed by atoms with van der Waals surface area (Å²) in [4.78, 5) is 1.19. The fourth-order valence-electron chi connectivity index (χ4n) is 3.13. The first-order valence-electron chi connectivity index (χ1n) is 7.60. The molecule has 0 radical (unpaired) electrons. The molecule has 4 N–H and O–H groups in total. The highest BCUT2D eigenvalue weighted by Crippen LogP contribution is 2.38. The van der Waals surface area contributed by atoms with E-state index in [0.717, 1.165) is 18.0 Å². The van der Waals surface area contributed by atoms with E-state index in [9.17, 15) is 0 Å². The first-order valence-corrected chi connectivity index (χ1v) is 9.64. The first-order chi connectivity index (χ1) is 11.1. The molecular formula is C16H20N4S3. The van der Waals surface area contributed by atoms with Gasteiger partial charge in [0.15, 0.2) is 10.2 Å². The van der Waals surface area contributed by atoms with Crippen LogP contribution in [0, 0.1) is 11.8 Å². The van der Waals surface area contributed by atoms with Gasteiger partial charge in [-0.05, 0) is 73.6 Å². The Balaban J connectivity index is 1.41. The fraction of sp³-hybridized carbons (Fsp3) is 0.375. The number of nitrogens with one attached hydrogen (secondary N) is 4. The van der Waals surface area contributed by atoms with E-state index in [-0.39, 0.29) is 0 Å². The van der Waals surface area contributed by atoms with E-state index < -0.39 is 0 Å². The molecule has 0 heterocycles. The number of thioether (sulfide) groups is 1. The average Bonchev–Trinajstić information content (AvgIpc) is 3.16. The third-order valence-corrected chi connectivity index (χ3v) is 5.36. The fourth-order valence-corrected chi connectivity index (χ4v) is 3.96. The van der Waals surface area contributed by atoms with Crippen molar-refractivity contribution in [1.82, 2.24) is 16.2 Å². The topological polar surface area (TPSA) is 48.1 Å². The van der Waals surface area contributed by atoms with Crippen molar-refractivity contribution in [2.24, 2.45) is 11.8 Å². The molecule has 2 aliphatic carbocycles. The Morgan fingerprint density at radius 1 is 1.13 bits per heavy atom. The lowest BCUT2D eigenvalue weighted by atomic mass is 10.0. The lowest BCUT2D eigenvalue weighted by molar-refractivity contribution is 0.518. The zero-order valence-electron chi connectivity index (χ0n) is 12.8. The van der Waals surface area contributed by atoms with Crippen LogP contribution in [0.5, 0.6) is 0 Å². The van der Waals surface area contributed by atoms with Crippen molar-refractivity contribution < 1.29 is 0 Å². The number of anilines is 1. The van der Waals surface area contributed by atoms with Gasteiger partial charge in [0.1, 0.15) is 0 Å². The maximum absolute atomic E-state index is 5.33. The predicted molar refractivity (Wildman–Crippen MR) is 106 cm³/mol. The standard InChI is InChI=1S/C16H20N4S3/c1-23-13-4-2-3-12(9-13)17-15(21)19-20-16(22)18-14-8-10-5-6-11(14)7-10/h2-6,9-11,14H,7-8H2,1H3,(H2,17,19,21)(H2,18,20,22)/t10-,11+,14-/m0/s1. The van der Waals surface area contributed by atoms with Crippen LogP contribution in [0.4, 0.5) is 5.69 Å². The van der Waals surface area contributed by atoms with Crippen molar-refractivity contribution in [2.45, 2.75) is 23.8 Å². The smallest absolute Gasteiger partial charge is 0.189 e. The van der Waals surface area contributed by atoms with Crippen molar-refractivity contribution in [3.05, 3.63) is 36.4 Å². The number of hydrogen-bond acceptors (Lipinski definition) is 3. The van der Waals surface area contributed by atoms with Gasteiger partial charge in [0, 0.05) is 16.6 Å². The Morgan fingerprint density at radius 2 is 1.96 bits per heavy atom. The molecule has 1 aromatic rings. The molecule has 3 rings (SSSR count). The third kappa shape index (κ3) is 4.37. The number of rotatable bonds is 3. The predicted octanol–water partition coefficient (Wildman–Crippen LogP) is 3.04. The quantitative estimate of drug-likeness (QED) is 0.285. The molecule has 3 atom stereocenters. The van der Waals surface area contributed by atoms with Crippen molar-refractivity contribution in [1.29, 1.82) is 0 Å². The van der Waals surface area contributed by atoms with E-state index in [1.807, 2.05) is 18.4 Å². The molecule has 0 saturated heterocycles. The van der Waals surface area contributed by atoms with Crippen LogP contribution in [0.1, 0.15) is 12.8 Å². The summed E-state index contributed by atoms with van der Waals surface area (Å²) in [5.74, 6) is 1.33. The molecule has 1 aromatic carbocycles. The Labute approximate surface area is 151 Å². The molecule has 122 valence electrons. The summed E-state index contributed by atoms with van der Waals surface area (Å²) in [6.07, 6.45) is 9.07. The van der Waals surface area contributed by atoms with Gasteiger partial charge in [0.25, 0.3) is 0 Å². The second-order valence-electron chi connectivity index (χ2n) is 5.80. The maximum Gasteiger partial charge on any atom is 0.189 e. The molecule has 0 aliphatic heterocycles. The maximum atomic E-state index is 5.33. The van der Waals surface area contributed by atoms with Crippen LogP contribution >= 0.6 is 36.2 Å². The van der Waals surface area contributed by atoms with Crippen LogP contribution in [0.25, 0.3) is 0 Å². The van der Waals surface area contributed by atoms with Gasteiger partial charge < -0.3 is 10.6 Å². The number of allylic oxidation sites excluding steroid dienone is 1. The van der Waals surface area contributed by atoms with Crippen molar-refractivity contribution >= 4 is 52.1 Å². The monoisotopic (exact) mass is 364 g/mol. The molecule has 23 heavy (non-hydrogen) atoms. The molecular weight excluding hydrogens is 344 g/mol. The summed E-state index contributed by atoms with van der Waals surface area (Å²) < 4.78 is 0. The lowest BCUT2D eigenvalue weighted by Gasteiger charge is -2.22. The van der Waals surface area contributed by atoms with Gasteiger partial charge in [-0.25, -0.2) is 0 Å². The number of benzene rings is 1. The van der Waals surface area contributed by atoms with Crippen LogP contribution in [-0.4, -0.2) is 22.5 Å². The molecule has 2 bridgehead atoms. The summed E-state index contributed by atoms with van der Waals surface area (Å²) >= 11 is 12.3. The van der Waals surface area contributed by atoms with Crippen LogP contribution in [-0.2, 0) is 0 Å².